The van der Waals surface area contributed by atoms with Crippen LogP contribution in [0.2, 0.25) is 0 Å². The van der Waals surface area contributed by atoms with Crippen molar-refractivity contribution >= 4 is 60.1 Å². The molecule has 0 amide bonds. The molecule has 74 heavy (non-hydrogen) atoms. The van der Waals surface area contributed by atoms with Gasteiger partial charge in [0.2, 0.25) is 0 Å². The van der Waals surface area contributed by atoms with Crippen LogP contribution in [0.1, 0.15) is 101 Å². The number of imidazole rings is 2. The molecule has 9 aromatic carbocycles. The van der Waals surface area contributed by atoms with Crippen molar-refractivity contribution in [2.24, 2.45) is 0 Å². The number of aromatic nitrogens is 4. The third-order valence-electron chi connectivity index (χ3n) is 14.1. The number of rotatable bonds is 10. The number of benzene rings is 9. The second-order valence-electron chi connectivity index (χ2n) is 20.3. The molecule has 12 rings (SSSR count). The van der Waals surface area contributed by atoms with E-state index in [2.05, 4.69) is 253 Å². The van der Waals surface area contributed by atoms with E-state index in [9.17, 15) is 0 Å². The van der Waals surface area contributed by atoms with Crippen molar-refractivity contribution in [2.75, 3.05) is 0 Å². The van der Waals surface area contributed by atoms with Crippen LogP contribution < -0.4 is 0 Å². The first-order valence-corrected chi connectivity index (χ1v) is 28.1. The van der Waals surface area contributed by atoms with E-state index in [1.807, 2.05) is 18.2 Å². The van der Waals surface area contributed by atoms with Gasteiger partial charge in [-0.15, -0.1) is 35.9 Å². The van der Waals surface area contributed by atoms with Gasteiger partial charge in [0.1, 0.15) is 0 Å². The maximum Gasteiger partial charge on any atom is 0.0774 e. The molecule has 0 aliphatic rings. The first kappa shape index (κ1) is 50.9. The molecule has 12 aromatic rings. The standard InChI is InChI=1S/C43H35N2Te.C25H25N2.Ir/c1-27(2)36-24-32(30-16-9-6-10-17-30)25-37(28(3)4)41(36)45-39-21-12-11-20-38(39)44-43(45)35-19-13-18-34-33-23-22-31(26-40(33)46-42(34)35)29-14-7-5-8-15-29;1-17(2)20-13-10-14-21(18(3)4)24(20)27-23-16-9-8-15-22(23)26-25(27)19-11-6-5-7-12-19;/h5-18,20-28H,1-4H3;5-11,13-18H,1-4H3;/q2*-1;. The normalized spacial score (nSPS) is 11.6. The van der Waals surface area contributed by atoms with Crippen LogP contribution in [-0.4, -0.2) is 39.5 Å². The van der Waals surface area contributed by atoms with Crippen LogP contribution in [-0.2, 0) is 20.1 Å². The summed E-state index contributed by atoms with van der Waals surface area (Å²) in [7, 11) is 0. The van der Waals surface area contributed by atoms with E-state index in [0.717, 1.165) is 44.8 Å². The number of hydrogen-bond donors (Lipinski definition) is 0. The molecule has 0 N–H and O–H groups in total. The summed E-state index contributed by atoms with van der Waals surface area (Å²) in [5.74, 6) is 3.44. The Morgan fingerprint density at radius 1 is 0.405 bits per heavy atom. The Labute approximate surface area is 459 Å². The molecule has 0 bridgehead atoms. The summed E-state index contributed by atoms with van der Waals surface area (Å²) in [5, 5.41) is 2.71. The molecule has 6 heteroatoms. The Kier molecular flexibility index (Phi) is 14.9. The van der Waals surface area contributed by atoms with Gasteiger partial charge in [0.05, 0.1) is 16.9 Å². The quantitative estimate of drug-likeness (QED) is 0.101. The fourth-order valence-electron chi connectivity index (χ4n) is 10.5. The minimum absolute atomic E-state index is 0. The molecule has 0 saturated carbocycles. The van der Waals surface area contributed by atoms with Crippen LogP contribution in [0.5, 0.6) is 0 Å². The first-order chi connectivity index (χ1) is 35.5. The molecule has 3 heterocycles. The molecule has 0 aliphatic heterocycles. The molecule has 0 saturated heterocycles. The SMILES string of the molecule is CC(C)c1cc(-c2ccccc2)cc(C(C)C)c1-n1c(-c2[c-]ccc3c2[te]c2cc(-c4ccccc4)ccc23)nc2ccccc21.CC(C)c1cccc(C(C)C)c1-n1c(-c2[c-]cccc2)nc2ccccc21.[Ir]. The summed E-state index contributed by atoms with van der Waals surface area (Å²) in [4.78, 5) is 10.4. The predicted octanol–water partition coefficient (Wildman–Crippen LogP) is 18.2. The second-order valence-corrected chi connectivity index (χ2v) is 23.3. The van der Waals surface area contributed by atoms with Gasteiger partial charge in [-0.3, -0.25) is 4.98 Å². The van der Waals surface area contributed by atoms with E-state index in [-0.39, 0.29) is 20.1 Å². The second kappa shape index (κ2) is 21.7. The minimum atomic E-state index is -0.663. The number of fused-ring (bicyclic) bond motifs is 5. The average molecular weight is 1250 g/mol. The molecular weight excluding hydrogens is 1190 g/mol. The van der Waals surface area contributed by atoms with Crippen molar-refractivity contribution in [3.63, 3.8) is 0 Å². The zero-order valence-electron chi connectivity index (χ0n) is 43.3. The summed E-state index contributed by atoms with van der Waals surface area (Å²) in [6.45, 7) is 18.3. The van der Waals surface area contributed by atoms with Gasteiger partial charge in [0, 0.05) is 25.8 Å². The van der Waals surface area contributed by atoms with Crippen LogP contribution in [0, 0.1) is 12.1 Å². The number of para-hydroxylation sites is 5. The van der Waals surface area contributed by atoms with E-state index < -0.39 is 20.4 Å². The van der Waals surface area contributed by atoms with Crippen molar-refractivity contribution < 1.29 is 20.1 Å². The van der Waals surface area contributed by atoms with Crippen molar-refractivity contribution in [3.05, 3.63) is 229 Å². The topological polar surface area (TPSA) is 35.6 Å². The largest absolute Gasteiger partial charge is 0.333 e. The molecule has 0 spiro atoms. The molecule has 0 fully saturated rings. The van der Waals surface area contributed by atoms with Crippen molar-refractivity contribution in [1.82, 2.24) is 19.1 Å². The Hall–Kier alpha value is -6.64. The van der Waals surface area contributed by atoms with E-state index in [0.29, 0.717) is 23.7 Å². The van der Waals surface area contributed by atoms with Crippen molar-refractivity contribution in [2.45, 2.75) is 79.1 Å². The van der Waals surface area contributed by atoms with Crippen LogP contribution in [0.15, 0.2) is 194 Å². The molecule has 4 nitrogen and oxygen atoms in total. The zero-order valence-corrected chi connectivity index (χ0v) is 48.0. The third kappa shape index (κ3) is 9.55. The summed E-state index contributed by atoms with van der Waals surface area (Å²) in [6, 6.07) is 76.6. The van der Waals surface area contributed by atoms with Crippen LogP contribution in [0.4, 0.5) is 0 Å². The summed E-state index contributed by atoms with van der Waals surface area (Å²) in [5.41, 5.74) is 19.5. The molecule has 0 atom stereocenters. The van der Waals surface area contributed by atoms with Crippen LogP contribution in [0.3, 0.4) is 0 Å². The predicted molar refractivity (Wildman–Crippen MR) is 310 cm³/mol. The fourth-order valence-corrected chi connectivity index (χ4v) is 14.0. The van der Waals surface area contributed by atoms with Gasteiger partial charge < -0.3 is 4.57 Å². The number of hydrogen-bond acceptors (Lipinski definition) is 2. The van der Waals surface area contributed by atoms with Crippen LogP contribution in [0.25, 0.3) is 96.0 Å². The molecule has 369 valence electrons. The van der Waals surface area contributed by atoms with E-state index in [1.54, 1.807) is 0 Å². The maximum absolute atomic E-state index is 5.40. The summed E-state index contributed by atoms with van der Waals surface area (Å²) >= 11 is -0.663. The van der Waals surface area contributed by atoms with Crippen molar-refractivity contribution in [1.29, 1.82) is 0 Å². The molecular formula is C68H60IrN4Te-2. The smallest absolute Gasteiger partial charge is 0.0774 e. The van der Waals surface area contributed by atoms with E-state index >= 15 is 0 Å². The minimum Gasteiger partial charge on any atom is -0.333 e. The van der Waals surface area contributed by atoms with Gasteiger partial charge in [-0.25, -0.2) is 0 Å². The van der Waals surface area contributed by atoms with Gasteiger partial charge in [-0.2, -0.15) is 0 Å². The fraction of sp³-hybridized carbons (Fsp3) is 0.176. The average Bonchev–Trinajstić information content (AvgIpc) is 4.12. The molecule has 3 aromatic heterocycles. The van der Waals surface area contributed by atoms with Gasteiger partial charge in [-0.1, -0.05) is 58.0 Å². The maximum atomic E-state index is 5.40. The van der Waals surface area contributed by atoms with Gasteiger partial charge in [0.15, 0.2) is 0 Å². The third-order valence-corrected chi connectivity index (χ3v) is 17.5. The number of nitrogens with zero attached hydrogens (tertiary/aromatic N) is 4. The van der Waals surface area contributed by atoms with Gasteiger partial charge in [-0.05, 0) is 35.1 Å². The summed E-state index contributed by atoms with van der Waals surface area (Å²) in [6.07, 6.45) is 0. The first-order valence-electron chi connectivity index (χ1n) is 25.8. The molecule has 0 unspecified atom stereocenters. The Morgan fingerprint density at radius 3 is 1.49 bits per heavy atom. The summed E-state index contributed by atoms with van der Waals surface area (Å²) < 4.78 is 7.73. The molecule has 1 radical (unpaired) electrons. The monoisotopic (exact) mass is 1260 g/mol. The van der Waals surface area contributed by atoms with Gasteiger partial charge >= 0.3 is 282 Å². The van der Waals surface area contributed by atoms with Gasteiger partial charge in [0.25, 0.3) is 0 Å². The molecule has 0 aliphatic carbocycles. The Morgan fingerprint density at radius 2 is 0.919 bits per heavy atom. The van der Waals surface area contributed by atoms with Crippen LogP contribution >= 0.6 is 0 Å². The zero-order chi connectivity index (χ0) is 50.3. The van der Waals surface area contributed by atoms with E-state index in [1.165, 1.54) is 73.5 Å². The van der Waals surface area contributed by atoms with E-state index in [4.69, 9.17) is 9.97 Å². The van der Waals surface area contributed by atoms with Crippen molar-refractivity contribution in [3.8, 4) is 56.4 Å². The Balaban J connectivity index is 0.000000191. The Bertz CT molecular complexity index is 3860.